The summed E-state index contributed by atoms with van der Waals surface area (Å²) < 4.78 is 6.14. The fourth-order valence-corrected chi connectivity index (χ4v) is 3.03. The first-order chi connectivity index (χ1) is 10.2. The molecular formula is C19H23NO. The monoisotopic (exact) mass is 281 g/mol. The van der Waals surface area contributed by atoms with Gasteiger partial charge in [-0.2, -0.15) is 0 Å². The highest BCUT2D eigenvalue weighted by molar-refractivity contribution is 5.25. The highest BCUT2D eigenvalue weighted by Crippen LogP contribution is 2.26. The van der Waals surface area contributed by atoms with Gasteiger partial charge in [0.15, 0.2) is 0 Å². The molecule has 110 valence electrons. The maximum absolute atomic E-state index is 6.14. The van der Waals surface area contributed by atoms with Gasteiger partial charge >= 0.3 is 0 Å². The number of ether oxygens (including phenoxy) is 1. The summed E-state index contributed by atoms with van der Waals surface area (Å²) in [6.45, 7) is 5.09. The van der Waals surface area contributed by atoms with E-state index in [4.69, 9.17) is 4.74 Å². The first-order valence-corrected chi connectivity index (χ1v) is 7.70. The molecule has 1 fully saturated rings. The molecule has 0 aromatic heterocycles. The lowest BCUT2D eigenvalue weighted by molar-refractivity contribution is -0.0244. The molecule has 3 unspecified atom stereocenters. The maximum Gasteiger partial charge on any atom is 0.0975 e. The van der Waals surface area contributed by atoms with E-state index in [-0.39, 0.29) is 6.10 Å². The number of hydrogen-bond acceptors (Lipinski definition) is 2. The third kappa shape index (κ3) is 3.52. The standard InChI is InChI=1S/C19H23NO/c1-14-8-10-17(11-9-14)19-15(2)20-18(13-21-19)12-16-6-4-3-5-7-16/h3-11,15,18-20H,12-13H2,1-2H3. The third-order valence-corrected chi connectivity index (χ3v) is 4.16. The van der Waals surface area contributed by atoms with Gasteiger partial charge in [-0.1, -0.05) is 60.2 Å². The van der Waals surface area contributed by atoms with E-state index in [0.717, 1.165) is 13.0 Å². The summed E-state index contributed by atoms with van der Waals surface area (Å²) in [5.41, 5.74) is 3.91. The van der Waals surface area contributed by atoms with Crippen LogP contribution >= 0.6 is 0 Å². The van der Waals surface area contributed by atoms with E-state index in [1.54, 1.807) is 0 Å². The van der Waals surface area contributed by atoms with Crippen molar-refractivity contribution in [3.63, 3.8) is 0 Å². The van der Waals surface area contributed by atoms with Gasteiger partial charge < -0.3 is 10.1 Å². The minimum atomic E-state index is 0.151. The molecule has 1 N–H and O–H groups in total. The van der Waals surface area contributed by atoms with E-state index >= 15 is 0 Å². The van der Waals surface area contributed by atoms with Crippen molar-refractivity contribution in [2.75, 3.05) is 6.61 Å². The summed E-state index contributed by atoms with van der Waals surface area (Å²) in [6.07, 6.45) is 1.17. The van der Waals surface area contributed by atoms with Gasteiger partial charge in [-0.15, -0.1) is 0 Å². The van der Waals surface area contributed by atoms with Gasteiger partial charge in [0, 0.05) is 12.1 Å². The largest absolute Gasteiger partial charge is 0.370 e. The molecular weight excluding hydrogens is 258 g/mol. The average Bonchev–Trinajstić information content (AvgIpc) is 2.50. The van der Waals surface area contributed by atoms with E-state index in [2.05, 4.69) is 73.8 Å². The Bertz CT molecular complexity index is 564. The van der Waals surface area contributed by atoms with Gasteiger partial charge in [0.2, 0.25) is 0 Å². The van der Waals surface area contributed by atoms with Gasteiger partial charge in [0.05, 0.1) is 12.7 Å². The van der Waals surface area contributed by atoms with Crippen LogP contribution in [-0.4, -0.2) is 18.7 Å². The van der Waals surface area contributed by atoms with E-state index in [1.807, 2.05) is 0 Å². The molecule has 1 aliphatic rings. The number of rotatable bonds is 3. The van der Waals surface area contributed by atoms with E-state index in [9.17, 15) is 0 Å². The summed E-state index contributed by atoms with van der Waals surface area (Å²) in [6, 6.07) is 20.0. The number of morpholine rings is 1. The Hall–Kier alpha value is -1.64. The first-order valence-electron chi connectivity index (χ1n) is 7.70. The van der Waals surface area contributed by atoms with E-state index in [0.29, 0.717) is 12.1 Å². The second-order valence-electron chi connectivity index (χ2n) is 6.01. The number of nitrogens with one attached hydrogen (secondary N) is 1. The van der Waals surface area contributed by atoms with Crippen LogP contribution in [0, 0.1) is 6.92 Å². The van der Waals surface area contributed by atoms with Crippen molar-refractivity contribution < 1.29 is 4.74 Å². The molecule has 0 radical (unpaired) electrons. The highest BCUT2D eigenvalue weighted by atomic mass is 16.5. The summed E-state index contributed by atoms with van der Waals surface area (Å²) in [7, 11) is 0. The molecule has 21 heavy (non-hydrogen) atoms. The zero-order chi connectivity index (χ0) is 14.7. The molecule has 2 aromatic carbocycles. The Labute approximate surface area is 127 Å². The Morgan fingerprint density at radius 2 is 1.76 bits per heavy atom. The number of hydrogen-bond donors (Lipinski definition) is 1. The normalized spacial score (nSPS) is 25.7. The molecule has 0 spiro atoms. The van der Waals surface area contributed by atoms with Crippen LogP contribution in [0.25, 0.3) is 0 Å². The maximum atomic E-state index is 6.14. The van der Waals surface area contributed by atoms with Gasteiger partial charge in [0.1, 0.15) is 0 Å². The van der Waals surface area contributed by atoms with Crippen molar-refractivity contribution in [3.05, 3.63) is 71.3 Å². The van der Waals surface area contributed by atoms with Crippen LogP contribution in [0.15, 0.2) is 54.6 Å². The molecule has 2 aromatic rings. The molecule has 1 aliphatic heterocycles. The van der Waals surface area contributed by atoms with Gasteiger partial charge in [-0.3, -0.25) is 0 Å². The van der Waals surface area contributed by atoms with Crippen molar-refractivity contribution >= 4 is 0 Å². The first kappa shape index (κ1) is 14.3. The van der Waals surface area contributed by atoms with Crippen LogP contribution in [0.4, 0.5) is 0 Å². The minimum Gasteiger partial charge on any atom is -0.370 e. The highest BCUT2D eigenvalue weighted by Gasteiger charge is 2.28. The second kappa shape index (κ2) is 6.42. The summed E-state index contributed by atoms with van der Waals surface area (Å²) in [5.74, 6) is 0. The lowest BCUT2D eigenvalue weighted by atomic mass is 9.97. The van der Waals surface area contributed by atoms with Crippen LogP contribution < -0.4 is 5.32 Å². The predicted octanol–water partition coefficient (Wildman–Crippen LogP) is 3.66. The molecule has 1 heterocycles. The Morgan fingerprint density at radius 3 is 2.43 bits per heavy atom. The average molecular weight is 281 g/mol. The van der Waals surface area contributed by atoms with E-state index < -0.39 is 0 Å². The molecule has 3 rings (SSSR count). The molecule has 1 saturated heterocycles. The van der Waals surface area contributed by atoms with Crippen molar-refractivity contribution in [2.45, 2.75) is 38.5 Å². The molecule has 0 saturated carbocycles. The molecule has 3 atom stereocenters. The van der Waals surface area contributed by atoms with E-state index in [1.165, 1.54) is 16.7 Å². The topological polar surface area (TPSA) is 21.3 Å². The Morgan fingerprint density at radius 1 is 1.05 bits per heavy atom. The fraction of sp³-hybridized carbons (Fsp3) is 0.368. The zero-order valence-corrected chi connectivity index (χ0v) is 12.8. The van der Waals surface area contributed by atoms with Crippen LogP contribution in [0.3, 0.4) is 0 Å². The molecule has 2 nitrogen and oxygen atoms in total. The number of benzene rings is 2. The Kier molecular flexibility index (Phi) is 4.37. The Balaban J connectivity index is 1.63. The van der Waals surface area contributed by atoms with Crippen LogP contribution in [0.5, 0.6) is 0 Å². The van der Waals surface area contributed by atoms with Gasteiger partial charge in [0.25, 0.3) is 0 Å². The van der Waals surface area contributed by atoms with Crippen molar-refractivity contribution in [1.82, 2.24) is 5.32 Å². The van der Waals surface area contributed by atoms with Crippen LogP contribution in [0.1, 0.15) is 29.7 Å². The predicted molar refractivity (Wildman–Crippen MR) is 86.4 cm³/mol. The van der Waals surface area contributed by atoms with Gasteiger partial charge in [-0.25, -0.2) is 0 Å². The van der Waals surface area contributed by atoms with Crippen LogP contribution in [0.2, 0.25) is 0 Å². The molecule has 0 aliphatic carbocycles. The second-order valence-corrected chi connectivity index (χ2v) is 6.01. The SMILES string of the molecule is Cc1ccc(C2OCC(Cc3ccccc3)NC2C)cc1. The lowest BCUT2D eigenvalue weighted by Gasteiger charge is -2.36. The quantitative estimate of drug-likeness (QED) is 0.927. The minimum absolute atomic E-state index is 0.151. The van der Waals surface area contributed by atoms with Crippen molar-refractivity contribution in [1.29, 1.82) is 0 Å². The molecule has 0 amide bonds. The van der Waals surface area contributed by atoms with Crippen LogP contribution in [-0.2, 0) is 11.2 Å². The fourth-order valence-electron chi connectivity index (χ4n) is 3.03. The zero-order valence-electron chi connectivity index (χ0n) is 12.8. The summed E-state index contributed by atoms with van der Waals surface area (Å²) in [5, 5.41) is 3.70. The smallest absolute Gasteiger partial charge is 0.0975 e. The van der Waals surface area contributed by atoms with Crippen molar-refractivity contribution in [3.8, 4) is 0 Å². The van der Waals surface area contributed by atoms with Crippen molar-refractivity contribution in [2.24, 2.45) is 0 Å². The van der Waals surface area contributed by atoms with Gasteiger partial charge in [-0.05, 0) is 31.4 Å². The lowest BCUT2D eigenvalue weighted by Crippen LogP contribution is -2.49. The molecule has 2 heteroatoms. The molecule has 0 bridgehead atoms. The number of aryl methyl sites for hydroxylation is 1. The third-order valence-electron chi connectivity index (χ3n) is 4.16. The summed E-state index contributed by atoms with van der Waals surface area (Å²) >= 11 is 0. The summed E-state index contributed by atoms with van der Waals surface area (Å²) in [4.78, 5) is 0.